The number of hydrogen-bond donors (Lipinski definition) is 2. The molecular weight excluding hydrogens is 366 g/mol. The summed E-state index contributed by atoms with van der Waals surface area (Å²) in [6, 6.07) is 11.3. The molecule has 7 heteroatoms. The first kappa shape index (κ1) is 18.6. The van der Waals surface area contributed by atoms with Gasteiger partial charge in [0.2, 0.25) is 5.71 Å². The van der Waals surface area contributed by atoms with Crippen LogP contribution in [-0.2, 0) is 0 Å². The number of nitrogens with one attached hydrogen (secondary N) is 2. The Morgan fingerprint density at radius 2 is 1.97 bits per heavy atom. The second kappa shape index (κ2) is 7.71. The van der Waals surface area contributed by atoms with Gasteiger partial charge in [0, 0.05) is 24.1 Å². The third-order valence-corrected chi connectivity index (χ3v) is 4.51. The number of amides is 1. The minimum Gasteiger partial charge on any atom is -0.442 e. The van der Waals surface area contributed by atoms with E-state index in [0.29, 0.717) is 22.8 Å². The summed E-state index contributed by atoms with van der Waals surface area (Å²) >= 11 is 0. The van der Waals surface area contributed by atoms with Crippen molar-refractivity contribution in [2.45, 2.75) is 26.8 Å². The Labute approximate surface area is 168 Å². The Balaban J connectivity index is 1.48. The SMILES string of the molecule is Cc1cncc(C(=O)Nc2cccc([C@H](C)Nc3cnc4cc(C)oc4n3)c2)c1. The van der Waals surface area contributed by atoms with Crippen molar-refractivity contribution in [3.05, 3.63) is 77.4 Å². The molecule has 1 amide bonds. The molecule has 0 radical (unpaired) electrons. The van der Waals surface area contributed by atoms with Gasteiger partial charge in [0.05, 0.1) is 17.8 Å². The minimum atomic E-state index is -0.191. The summed E-state index contributed by atoms with van der Waals surface area (Å²) in [6.07, 6.45) is 4.96. The Bertz CT molecular complexity index is 1180. The zero-order valence-electron chi connectivity index (χ0n) is 16.4. The monoisotopic (exact) mass is 387 g/mol. The Morgan fingerprint density at radius 3 is 2.79 bits per heavy atom. The van der Waals surface area contributed by atoms with E-state index < -0.39 is 0 Å². The summed E-state index contributed by atoms with van der Waals surface area (Å²) in [7, 11) is 0. The maximum Gasteiger partial charge on any atom is 0.257 e. The maximum absolute atomic E-state index is 12.5. The second-order valence-corrected chi connectivity index (χ2v) is 7.00. The van der Waals surface area contributed by atoms with Crippen molar-refractivity contribution >= 4 is 28.6 Å². The Hall–Kier alpha value is -3.74. The number of aryl methyl sites for hydroxylation is 2. The number of anilines is 2. The van der Waals surface area contributed by atoms with Gasteiger partial charge >= 0.3 is 0 Å². The van der Waals surface area contributed by atoms with Crippen LogP contribution in [0.1, 0.15) is 40.2 Å². The molecule has 0 unspecified atom stereocenters. The Kier molecular flexibility index (Phi) is 4.95. The molecule has 7 nitrogen and oxygen atoms in total. The van der Waals surface area contributed by atoms with E-state index in [1.807, 2.05) is 57.2 Å². The lowest BCUT2D eigenvalue weighted by Crippen LogP contribution is -2.13. The highest BCUT2D eigenvalue weighted by Gasteiger charge is 2.11. The lowest BCUT2D eigenvalue weighted by molar-refractivity contribution is 0.102. The number of aromatic nitrogens is 3. The topological polar surface area (TPSA) is 92.9 Å². The van der Waals surface area contributed by atoms with Gasteiger partial charge in [-0.3, -0.25) is 9.78 Å². The highest BCUT2D eigenvalue weighted by atomic mass is 16.3. The summed E-state index contributed by atoms with van der Waals surface area (Å²) in [4.78, 5) is 25.4. The van der Waals surface area contributed by atoms with Crippen LogP contribution in [0, 0.1) is 13.8 Å². The average Bonchev–Trinajstić information content (AvgIpc) is 3.07. The van der Waals surface area contributed by atoms with Crippen molar-refractivity contribution in [2.75, 3.05) is 10.6 Å². The molecule has 0 fully saturated rings. The van der Waals surface area contributed by atoms with Crippen LogP contribution in [0.4, 0.5) is 11.5 Å². The second-order valence-electron chi connectivity index (χ2n) is 7.00. The first-order valence-electron chi connectivity index (χ1n) is 9.30. The van der Waals surface area contributed by atoms with Crippen LogP contribution in [-0.4, -0.2) is 20.9 Å². The maximum atomic E-state index is 12.5. The Morgan fingerprint density at radius 1 is 1.10 bits per heavy atom. The van der Waals surface area contributed by atoms with Gasteiger partial charge in [0.15, 0.2) is 0 Å². The minimum absolute atomic E-state index is 0.0460. The van der Waals surface area contributed by atoms with E-state index in [4.69, 9.17) is 4.42 Å². The van der Waals surface area contributed by atoms with Gasteiger partial charge < -0.3 is 15.1 Å². The van der Waals surface area contributed by atoms with Gasteiger partial charge in [-0.2, -0.15) is 4.98 Å². The quantitative estimate of drug-likeness (QED) is 0.517. The predicted octanol–water partition coefficient (Wildman–Crippen LogP) is 4.66. The van der Waals surface area contributed by atoms with E-state index in [-0.39, 0.29) is 11.9 Å². The molecule has 0 aliphatic carbocycles. The van der Waals surface area contributed by atoms with Crippen molar-refractivity contribution in [2.24, 2.45) is 0 Å². The molecule has 0 saturated heterocycles. The number of hydrogen-bond acceptors (Lipinski definition) is 6. The lowest BCUT2D eigenvalue weighted by Gasteiger charge is -2.16. The van der Waals surface area contributed by atoms with Crippen molar-refractivity contribution < 1.29 is 9.21 Å². The standard InChI is InChI=1S/C22H21N5O2/c1-13-7-17(11-23-10-13)21(28)26-18-6-4-5-16(9-18)15(3)25-20-12-24-19-8-14(2)29-22(19)27-20/h4-12,15H,1-3H3,(H,25,27)(H,26,28)/t15-/m0/s1. The van der Waals surface area contributed by atoms with Gasteiger partial charge in [-0.15, -0.1) is 0 Å². The molecule has 146 valence electrons. The molecule has 29 heavy (non-hydrogen) atoms. The number of nitrogens with zero attached hydrogens (tertiary/aromatic N) is 3. The van der Waals surface area contributed by atoms with Crippen LogP contribution in [0.5, 0.6) is 0 Å². The largest absolute Gasteiger partial charge is 0.442 e. The van der Waals surface area contributed by atoms with Gasteiger partial charge in [-0.25, -0.2) is 4.98 Å². The fraction of sp³-hybridized carbons (Fsp3) is 0.182. The van der Waals surface area contributed by atoms with E-state index in [1.165, 1.54) is 0 Å². The van der Waals surface area contributed by atoms with Crippen LogP contribution in [0.15, 0.2) is 59.4 Å². The van der Waals surface area contributed by atoms with Crippen molar-refractivity contribution in [3.63, 3.8) is 0 Å². The fourth-order valence-corrected chi connectivity index (χ4v) is 3.07. The molecule has 0 spiro atoms. The van der Waals surface area contributed by atoms with Crippen LogP contribution in [0.25, 0.3) is 11.2 Å². The van der Waals surface area contributed by atoms with Crippen LogP contribution in [0.2, 0.25) is 0 Å². The number of benzene rings is 1. The zero-order valence-corrected chi connectivity index (χ0v) is 16.4. The molecule has 3 aromatic heterocycles. The third-order valence-electron chi connectivity index (χ3n) is 4.51. The highest BCUT2D eigenvalue weighted by molar-refractivity contribution is 6.04. The molecule has 3 heterocycles. The highest BCUT2D eigenvalue weighted by Crippen LogP contribution is 2.23. The molecular formula is C22H21N5O2. The van der Waals surface area contributed by atoms with Gasteiger partial charge in [-0.05, 0) is 50.1 Å². The molecule has 0 bridgehead atoms. The summed E-state index contributed by atoms with van der Waals surface area (Å²) < 4.78 is 5.54. The van der Waals surface area contributed by atoms with E-state index >= 15 is 0 Å². The fourth-order valence-electron chi connectivity index (χ4n) is 3.07. The predicted molar refractivity (Wildman–Crippen MR) is 112 cm³/mol. The van der Waals surface area contributed by atoms with Crippen LogP contribution in [0.3, 0.4) is 0 Å². The smallest absolute Gasteiger partial charge is 0.257 e. The molecule has 4 rings (SSSR count). The third kappa shape index (κ3) is 4.24. The van der Waals surface area contributed by atoms with E-state index in [0.717, 1.165) is 22.4 Å². The van der Waals surface area contributed by atoms with Crippen molar-refractivity contribution in [3.8, 4) is 0 Å². The lowest BCUT2D eigenvalue weighted by atomic mass is 10.1. The number of carbonyl (C=O) groups is 1. The first-order chi connectivity index (χ1) is 14.0. The van der Waals surface area contributed by atoms with Crippen LogP contribution >= 0.6 is 0 Å². The van der Waals surface area contributed by atoms with Crippen molar-refractivity contribution in [1.29, 1.82) is 0 Å². The molecule has 4 aromatic rings. The van der Waals surface area contributed by atoms with Gasteiger partial charge in [0.1, 0.15) is 17.1 Å². The number of furan rings is 1. The summed E-state index contributed by atoms with van der Waals surface area (Å²) in [5.74, 6) is 1.21. The molecule has 0 aliphatic heterocycles. The van der Waals surface area contributed by atoms with Crippen LogP contribution < -0.4 is 10.6 Å². The number of fused-ring (bicyclic) bond motifs is 1. The molecule has 1 atom stereocenters. The molecule has 0 saturated carbocycles. The number of carbonyl (C=O) groups excluding carboxylic acids is 1. The molecule has 1 aromatic carbocycles. The summed E-state index contributed by atoms with van der Waals surface area (Å²) in [5.41, 5.74) is 4.42. The normalized spacial score (nSPS) is 12.0. The van der Waals surface area contributed by atoms with Gasteiger partial charge in [0.25, 0.3) is 5.91 Å². The summed E-state index contributed by atoms with van der Waals surface area (Å²) in [6.45, 7) is 5.79. The van der Waals surface area contributed by atoms with E-state index in [1.54, 1.807) is 18.6 Å². The summed E-state index contributed by atoms with van der Waals surface area (Å²) in [5, 5.41) is 6.24. The average molecular weight is 387 g/mol. The zero-order chi connectivity index (χ0) is 20.4. The van der Waals surface area contributed by atoms with Gasteiger partial charge in [-0.1, -0.05) is 12.1 Å². The molecule has 0 aliphatic rings. The van der Waals surface area contributed by atoms with E-state index in [2.05, 4.69) is 25.6 Å². The van der Waals surface area contributed by atoms with Crippen molar-refractivity contribution in [1.82, 2.24) is 15.0 Å². The first-order valence-corrected chi connectivity index (χ1v) is 9.30. The molecule has 2 N–H and O–H groups in total. The number of pyridine rings is 1. The number of rotatable bonds is 5. The van der Waals surface area contributed by atoms with E-state index in [9.17, 15) is 4.79 Å².